The van der Waals surface area contributed by atoms with Crippen molar-refractivity contribution in [1.29, 1.82) is 0 Å². The standard InChI is InChI=1S/C8H13NO4S/c1-5(10)9-7(4-14)8(11)13-6-2-12-3-6/h6-7,14H,2-4H2,1H3,(H,9,10)/t7-/m0/s1. The predicted molar refractivity (Wildman–Crippen MR) is 52.2 cm³/mol. The molecule has 1 atom stereocenters. The van der Waals surface area contributed by atoms with Crippen molar-refractivity contribution in [1.82, 2.24) is 5.32 Å². The van der Waals surface area contributed by atoms with Gasteiger partial charge in [0.25, 0.3) is 0 Å². The first-order valence-corrected chi connectivity index (χ1v) is 4.93. The summed E-state index contributed by atoms with van der Waals surface area (Å²) in [5.41, 5.74) is 0. The molecular formula is C8H13NO4S. The van der Waals surface area contributed by atoms with E-state index in [-0.39, 0.29) is 17.8 Å². The molecule has 0 radical (unpaired) electrons. The maximum atomic E-state index is 11.4. The second kappa shape index (κ2) is 5.21. The topological polar surface area (TPSA) is 64.6 Å². The van der Waals surface area contributed by atoms with E-state index in [1.54, 1.807) is 0 Å². The highest BCUT2D eigenvalue weighted by Gasteiger charge is 2.27. The minimum absolute atomic E-state index is 0.168. The molecule has 0 aromatic heterocycles. The Hall–Kier alpha value is -0.750. The molecule has 14 heavy (non-hydrogen) atoms. The summed E-state index contributed by atoms with van der Waals surface area (Å²) in [6.07, 6.45) is -0.168. The normalized spacial score (nSPS) is 18.1. The maximum Gasteiger partial charge on any atom is 0.329 e. The smallest absolute Gasteiger partial charge is 0.329 e. The lowest BCUT2D eigenvalue weighted by Crippen LogP contribution is -2.47. The van der Waals surface area contributed by atoms with Crippen molar-refractivity contribution in [2.75, 3.05) is 19.0 Å². The van der Waals surface area contributed by atoms with Crippen LogP contribution >= 0.6 is 12.6 Å². The van der Waals surface area contributed by atoms with Crippen molar-refractivity contribution < 1.29 is 19.1 Å². The van der Waals surface area contributed by atoms with Gasteiger partial charge in [-0.15, -0.1) is 0 Å². The van der Waals surface area contributed by atoms with Gasteiger partial charge in [0.1, 0.15) is 12.1 Å². The van der Waals surface area contributed by atoms with Crippen LogP contribution in [0.2, 0.25) is 0 Å². The van der Waals surface area contributed by atoms with Gasteiger partial charge in [-0.2, -0.15) is 12.6 Å². The van der Waals surface area contributed by atoms with E-state index in [4.69, 9.17) is 9.47 Å². The lowest BCUT2D eigenvalue weighted by atomic mass is 10.3. The SMILES string of the molecule is CC(=O)N[C@@H](CS)C(=O)OC1COC1. The first-order chi connectivity index (χ1) is 6.63. The predicted octanol–water partition coefficient (Wildman–Crippen LogP) is -0.637. The third-order valence-electron chi connectivity index (χ3n) is 1.73. The number of esters is 1. The lowest BCUT2D eigenvalue weighted by molar-refractivity contribution is -0.174. The van der Waals surface area contributed by atoms with Crippen LogP contribution in [-0.4, -0.2) is 43.0 Å². The number of carbonyl (C=O) groups is 2. The first-order valence-electron chi connectivity index (χ1n) is 4.29. The van der Waals surface area contributed by atoms with Crippen LogP contribution in [0.3, 0.4) is 0 Å². The van der Waals surface area contributed by atoms with E-state index in [1.165, 1.54) is 6.92 Å². The Kier molecular flexibility index (Phi) is 4.21. The monoisotopic (exact) mass is 219 g/mol. The Morgan fingerprint density at radius 2 is 2.29 bits per heavy atom. The van der Waals surface area contributed by atoms with Crippen molar-refractivity contribution >= 4 is 24.5 Å². The molecule has 80 valence electrons. The lowest BCUT2D eigenvalue weighted by Gasteiger charge is -2.27. The number of ether oxygens (including phenoxy) is 2. The van der Waals surface area contributed by atoms with E-state index in [2.05, 4.69) is 17.9 Å². The molecule has 1 aliphatic rings. The van der Waals surface area contributed by atoms with Crippen LogP contribution in [0.15, 0.2) is 0 Å². The minimum Gasteiger partial charge on any atom is -0.456 e. The fourth-order valence-corrected chi connectivity index (χ4v) is 1.19. The summed E-state index contributed by atoms with van der Waals surface area (Å²) in [5.74, 6) is -0.499. The average molecular weight is 219 g/mol. The zero-order chi connectivity index (χ0) is 10.6. The Bertz CT molecular complexity index is 229. The highest BCUT2D eigenvalue weighted by atomic mass is 32.1. The number of nitrogens with one attached hydrogen (secondary N) is 1. The third-order valence-corrected chi connectivity index (χ3v) is 2.10. The third kappa shape index (κ3) is 3.19. The molecule has 1 rings (SSSR count). The molecular weight excluding hydrogens is 206 g/mol. The molecule has 5 nitrogen and oxygen atoms in total. The summed E-state index contributed by atoms with van der Waals surface area (Å²) < 4.78 is 9.86. The van der Waals surface area contributed by atoms with Crippen molar-refractivity contribution in [3.05, 3.63) is 0 Å². The molecule has 1 amide bonds. The number of hydrogen-bond acceptors (Lipinski definition) is 5. The van der Waals surface area contributed by atoms with Crippen LogP contribution in [0.4, 0.5) is 0 Å². The molecule has 0 aromatic rings. The molecule has 0 spiro atoms. The van der Waals surface area contributed by atoms with Gasteiger partial charge in [0.05, 0.1) is 13.2 Å². The van der Waals surface area contributed by atoms with E-state index in [9.17, 15) is 9.59 Å². The Morgan fingerprint density at radius 3 is 2.64 bits per heavy atom. The second-order valence-electron chi connectivity index (χ2n) is 3.03. The highest BCUT2D eigenvalue weighted by Crippen LogP contribution is 2.07. The molecule has 0 bridgehead atoms. The van der Waals surface area contributed by atoms with Gasteiger partial charge in [-0.1, -0.05) is 0 Å². The van der Waals surface area contributed by atoms with Gasteiger partial charge < -0.3 is 14.8 Å². The van der Waals surface area contributed by atoms with Gasteiger partial charge in [-0.05, 0) is 0 Å². The fourth-order valence-electron chi connectivity index (χ4n) is 0.953. The summed E-state index contributed by atoms with van der Waals surface area (Å²) in [4.78, 5) is 22.1. The molecule has 0 unspecified atom stereocenters. The Morgan fingerprint density at radius 1 is 1.64 bits per heavy atom. The van der Waals surface area contributed by atoms with Crippen LogP contribution in [-0.2, 0) is 19.1 Å². The number of carbonyl (C=O) groups excluding carboxylic acids is 2. The van der Waals surface area contributed by atoms with E-state index >= 15 is 0 Å². The number of hydrogen-bond donors (Lipinski definition) is 2. The fraction of sp³-hybridized carbons (Fsp3) is 0.750. The van der Waals surface area contributed by atoms with E-state index < -0.39 is 12.0 Å². The first kappa shape index (κ1) is 11.3. The Labute approximate surface area is 87.5 Å². The molecule has 1 N–H and O–H groups in total. The molecule has 0 aliphatic carbocycles. The van der Waals surface area contributed by atoms with Crippen LogP contribution < -0.4 is 5.32 Å². The minimum atomic E-state index is -0.670. The van der Waals surface area contributed by atoms with Crippen molar-refractivity contribution in [3.8, 4) is 0 Å². The van der Waals surface area contributed by atoms with Crippen molar-refractivity contribution in [3.63, 3.8) is 0 Å². The summed E-state index contributed by atoms with van der Waals surface area (Å²) in [7, 11) is 0. The molecule has 1 fully saturated rings. The van der Waals surface area contributed by atoms with Crippen LogP contribution in [0.5, 0.6) is 0 Å². The van der Waals surface area contributed by atoms with E-state index in [1.807, 2.05) is 0 Å². The van der Waals surface area contributed by atoms with Gasteiger partial charge >= 0.3 is 5.97 Å². The molecule has 1 heterocycles. The largest absolute Gasteiger partial charge is 0.456 e. The van der Waals surface area contributed by atoms with Crippen LogP contribution in [0.1, 0.15) is 6.92 Å². The molecule has 0 aromatic carbocycles. The van der Waals surface area contributed by atoms with Crippen LogP contribution in [0.25, 0.3) is 0 Å². The maximum absolute atomic E-state index is 11.4. The highest BCUT2D eigenvalue weighted by molar-refractivity contribution is 7.80. The molecule has 1 aliphatic heterocycles. The van der Waals surface area contributed by atoms with Gasteiger partial charge in [-0.25, -0.2) is 4.79 Å². The summed E-state index contributed by atoms with van der Waals surface area (Å²) in [6, 6.07) is -0.670. The summed E-state index contributed by atoms with van der Waals surface area (Å²) in [6.45, 7) is 2.21. The van der Waals surface area contributed by atoms with Gasteiger partial charge in [-0.3, -0.25) is 4.79 Å². The molecule has 1 saturated heterocycles. The van der Waals surface area contributed by atoms with Crippen molar-refractivity contribution in [2.24, 2.45) is 0 Å². The molecule has 0 saturated carbocycles. The number of rotatable bonds is 4. The van der Waals surface area contributed by atoms with Crippen LogP contribution in [0, 0.1) is 0 Å². The van der Waals surface area contributed by atoms with Crippen molar-refractivity contribution in [2.45, 2.75) is 19.1 Å². The molecule has 6 heteroatoms. The zero-order valence-corrected chi connectivity index (χ0v) is 8.75. The zero-order valence-electron chi connectivity index (χ0n) is 7.86. The Balaban J connectivity index is 2.34. The average Bonchev–Trinajstić information content (AvgIpc) is 2.06. The summed E-state index contributed by atoms with van der Waals surface area (Å²) >= 11 is 3.95. The van der Waals surface area contributed by atoms with Gasteiger partial charge in [0, 0.05) is 12.7 Å². The summed E-state index contributed by atoms with van der Waals surface area (Å²) in [5, 5.41) is 2.45. The number of amides is 1. The quantitative estimate of drug-likeness (QED) is 0.488. The van der Waals surface area contributed by atoms with E-state index in [0.29, 0.717) is 13.2 Å². The number of thiol groups is 1. The second-order valence-corrected chi connectivity index (χ2v) is 3.40. The van der Waals surface area contributed by atoms with Gasteiger partial charge in [0.15, 0.2) is 0 Å². The van der Waals surface area contributed by atoms with Gasteiger partial charge in [0.2, 0.25) is 5.91 Å². The van der Waals surface area contributed by atoms with E-state index in [0.717, 1.165) is 0 Å².